The Balaban J connectivity index is 2.27. The number of carbonyl (C=O) groups is 1. The van der Waals surface area contributed by atoms with Crippen LogP contribution < -0.4 is 4.74 Å². The highest BCUT2D eigenvalue weighted by Crippen LogP contribution is 2.28. The Hall–Kier alpha value is -1.92. The third-order valence-corrected chi connectivity index (χ3v) is 3.58. The summed E-state index contributed by atoms with van der Waals surface area (Å²) in [6, 6.07) is 9.47. The zero-order chi connectivity index (χ0) is 15.4. The van der Waals surface area contributed by atoms with Crippen molar-refractivity contribution in [1.82, 2.24) is 0 Å². The summed E-state index contributed by atoms with van der Waals surface area (Å²) < 4.78 is 6.10. The van der Waals surface area contributed by atoms with E-state index in [0.717, 1.165) is 0 Å². The molecule has 0 aliphatic carbocycles. The fourth-order valence-electron chi connectivity index (χ4n) is 1.74. The highest BCUT2D eigenvalue weighted by Gasteiger charge is 2.15. The fraction of sp³-hybridized carbons (Fsp3) is 0.0714. The van der Waals surface area contributed by atoms with E-state index in [-0.39, 0.29) is 28.6 Å². The fourth-order valence-corrected chi connectivity index (χ4v) is 2.30. The molecule has 2 aromatic rings. The van der Waals surface area contributed by atoms with Crippen molar-refractivity contribution in [2.75, 3.05) is 0 Å². The standard InChI is InChI=1S/C14H9BrClNO4/c15-10-5-4-9(13(6-10)17(19)20)8-21-14-3-1-2-12(16)11(14)7-18/h1-7H,8H2. The lowest BCUT2D eigenvalue weighted by Crippen LogP contribution is -2.02. The van der Waals surface area contributed by atoms with E-state index in [4.69, 9.17) is 16.3 Å². The van der Waals surface area contributed by atoms with Crippen molar-refractivity contribution in [3.63, 3.8) is 0 Å². The van der Waals surface area contributed by atoms with E-state index in [1.807, 2.05) is 0 Å². The van der Waals surface area contributed by atoms with Crippen molar-refractivity contribution in [3.8, 4) is 5.75 Å². The van der Waals surface area contributed by atoms with E-state index in [0.29, 0.717) is 16.3 Å². The van der Waals surface area contributed by atoms with Gasteiger partial charge in [-0.1, -0.05) is 33.6 Å². The molecule has 0 aliphatic heterocycles. The number of hydrogen-bond acceptors (Lipinski definition) is 4. The molecule has 7 heteroatoms. The summed E-state index contributed by atoms with van der Waals surface area (Å²) in [6.07, 6.45) is 0.591. The van der Waals surface area contributed by atoms with Crippen molar-refractivity contribution in [2.24, 2.45) is 0 Å². The third kappa shape index (κ3) is 3.59. The lowest BCUT2D eigenvalue weighted by atomic mass is 10.2. The van der Waals surface area contributed by atoms with Crippen molar-refractivity contribution in [2.45, 2.75) is 6.61 Å². The molecule has 0 atom stereocenters. The van der Waals surface area contributed by atoms with Crippen LogP contribution in [0.15, 0.2) is 40.9 Å². The van der Waals surface area contributed by atoms with Gasteiger partial charge in [-0.2, -0.15) is 0 Å². The first-order valence-electron chi connectivity index (χ1n) is 5.82. The maximum atomic E-state index is 11.0. The van der Waals surface area contributed by atoms with Gasteiger partial charge in [0.25, 0.3) is 5.69 Å². The number of nitrogens with zero attached hydrogens (tertiary/aromatic N) is 1. The molecule has 0 saturated carbocycles. The summed E-state index contributed by atoms with van der Waals surface area (Å²) >= 11 is 9.07. The van der Waals surface area contributed by atoms with Gasteiger partial charge in [-0.05, 0) is 24.3 Å². The van der Waals surface area contributed by atoms with Crippen LogP contribution in [-0.4, -0.2) is 11.2 Å². The number of ether oxygens (including phenoxy) is 1. The van der Waals surface area contributed by atoms with E-state index >= 15 is 0 Å². The van der Waals surface area contributed by atoms with Crippen molar-refractivity contribution in [1.29, 1.82) is 0 Å². The van der Waals surface area contributed by atoms with Crippen LogP contribution in [-0.2, 0) is 6.61 Å². The maximum Gasteiger partial charge on any atom is 0.277 e. The summed E-state index contributed by atoms with van der Waals surface area (Å²) in [6.45, 7) is -0.0369. The molecule has 108 valence electrons. The van der Waals surface area contributed by atoms with Gasteiger partial charge in [0.2, 0.25) is 0 Å². The van der Waals surface area contributed by atoms with Gasteiger partial charge >= 0.3 is 0 Å². The number of aldehydes is 1. The first-order chi connectivity index (χ1) is 10.0. The monoisotopic (exact) mass is 369 g/mol. The number of rotatable bonds is 5. The number of carbonyl (C=O) groups excluding carboxylic acids is 1. The predicted molar refractivity (Wildman–Crippen MR) is 82.0 cm³/mol. The minimum absolute atomic E-state index is 0.0369. The number of nitro benzene ring substituents is 1. The molecule has 5 nitrogen and oxygen atoms in total. The summed E-state index contributed by atoms with van der Waals surface area (Å²) in [5.74, 6) is 0.287. The van der Waals surface area contributed by atoms with Crippen LogP contribution in [0, 0.1) is 10.1 Å². The molecule has 21 heavy (non-hydrogen) atoms. The van der Waals surface area contributed by atoms with Crippen molar-refractivity contribution >= 4 is 39.5 Å². The Morgan fingerprint density at radius 3 is 2.76 bits per heavy atom. The topological polar surface area (TPSA) is 69.4 Å². The highest BCUT2D eigenvalue weighted by molar-refractivity contribution is 9.10. The van der Waals surface area contributed by atoms with Gasteiger partial charge in [-0.15, -0.1) is 0 Å². The van der Waals surface area contributed by atoms with Crippen LogP contribution in [0.25, 0.3) is 0 Å². The van der Waals surface area contributed by atoms with Gasteiger partial charge in [-0.3, -0.25) is 14.9 Å². The second-order valence-corrected chi connectivity index (χ2v) is 5.41. The molecule has 2 aromatic carbocycles. The van der Waals surface area contributed by atoms with Crippen LogP contribution in [0.4, 0.5) is 5.69 Å². The molecule has 0 radical (unpaired) electrons. The Morgan fingerprint density at radius 2 is 2.10 bits per heavy atom. The predicted octanol–water partition coefficient (Wildman–Crippen LogP) is 4.40. The molecule has 0 amide bonds. The second-order valence-electron chi connectivity index (χ2n) is 4.09. The Bertz CT molecular complexity index is 705. The van der Waals surface area contributed by atoms with Gasteiger partial charge in [0.05, 0.1) is 21.1 Å². The molecule has 0 N–H and O–H groups in total. The molecule has 0 aromatic heterocycles. The lowest BCUT2D eigenvalue weighted by Gasteiger charge is -2.10. The molecule has 0 saturated heterocycles. The number of nitro groups is 1. The lowest BCUT2D eigenvalue weighted by molar-refractivity contribution is -0.385. The normalized spacial score (nSPS) is 10.2. The van der Waals surface area contributed by atoms with E-state index in [2.05, 4.69) is 15.9 Å². The summed E-state index contributed by atoms with van der Waals surface area (Å²) in [7, 11) is 0. The van der Waals surface area contributed by atoms with Crippen LogP contribution >= 0.6 is 27.5 Å². The SMILES string of the molecule is O=Cc1c(Cl)cccc1OCc1ccc(Br)cc1[N+](=O)[O-]. The summed E-state index contributed by atoms with van der Waals surface area (Å²) in [4.78, 5) is 21.5. The molecule has 0 spiro atoms. The molecule has 2 rings (SSSR count). The van der Waals surface area contributed by atoms with E-state index < -0.39 is 4.92 Å². The molecule has 0 heterocycles. The minimum atomic E-state index is -0.484. The minimum Gasteiger partial charge on any atom is -0.488 e. The summed E-state index contributed by atoms with van der Waals surface area (Å²) in [5.41, 5.74) is 0.568. The van der Waals surface area contributed by atoms with Crippen LogP contribution in [0.2, 0.25) is 5.02 Å². The quantitative estimate of drug-likeness (QED) is 0.444. The average Bonchev–Trinajstić information content (AvgIpc) is 2.45. The van der Waals surface area contributed by atoms with Crippen molar-refractivity contribution < 1.29 is 14.5 Å². The van der Waals surface area contributed by atoms with Gasteiger partial charge in [0.1, 0.15) is 12.4 Å². The number of benzene rings is 2. The smallest absolute Gasteiger partial charge is 0.277 e. The Kier molecular flexibility index (Phi) is 4.93. The van der Waals surface area contributed by atoms with Gasteiger partial charge in [-0.25, -0.2) is 0 Å². The number of hydrogen-bond donors (Lipinski definition) is 0. The van der Waals surface area contributed by atoms with Crippen LogP contribution in [0.3, 0.4) is 0 Å². The van der Waals surface area contributed by atoms with E-state index in [9.17, 15) is 14.9 Å². The second kappa shape index (κ2) is 6.69. The van der Waals surface area contributed by atoms with Crippen molar-refractivity contribution in [3.05, 3.63) is 67.1 Å². The van der Waals surface area contributed by atoms with Crippen LogP contribution in [0.1, 0.15) is 15.9 Å². The molecule has 0 aliphatic rings. The first kappa shape index (κ1) is 15.5. The van der Waals surface area contributed by atoms with Gasteiger partial charge < -0.3 is 4.74 Å². The van der Waals surface area contributed by atoms with E-state index in [1.54, 1.807) is 30.3 Å². The van der Waals surface area contributed by atoms with Gasteiger partial charge in [0, 0.05) is 10.5 Å². The zero-order valence-electron chi connectivity index (χ0n) is 10.6. The molecule has 0 fully saturated rings. The molecular weight excluding hydrogens is 362 g/mol. The molecule has 0 unspecified atom stereocenters. The molecule has 0 bridgehead atoms. The van der Waals surface area contributed by atoms with Gasteiger partial charge in [0.15, 0.2) is 6.29 Å². The number of halogens is 2. The zero-order valence-corrected chi connectivity index (χ0v) is 12.9. The summed E-state index contributed by atoms with van der Waals surface area (Å²) in [5, 5.41) is 11.3. The van der Waals surface area contributed by atoms with Crippen LogP contribution in [0.5, 0.6) is 5.75 Å². The Morgan fingerprint density at radius 1 is 1.33 bits per heavy atom. The third-order valence-electron chi connectivity index (χ3n) is 2.76. The van der Waals surface area contributed by atoms with E-state index in [1.165, 1.54) is 6.07 Å². The average molecular weight is 371 g/mol. The molecular formula is C14H9BrClNO4. The maximum absolute atomic E-state index is 11.0. The highest BCUT2D eigenvalue weighted by atomic mass is 79.9. The largest absolute Gasteiger partial charge is 0.488 e. The first-order valence-corrected chi connectivity index (χ1v) is 6.99. The Labute approximate surface area is 133 Å².